The van der Waals surface area contributed by atoms with Crippen molar-refractivity contribution in [2.75, 3.05) is 20.2 Å². The highest BCUT2D eigenvalue weighted by molar-refractivity contribution is 7.89. The van der Waals surface area contributed by atoms with Gasteiger partial charge in [-0.2, -0.15) is 4.31 Å². The first-order valence-corrected chi connectivity index (χ1v) is 10.3. The monoisotopic (exact) mass is 419 g/mol. The van der Waals surface area contributed by atoms with E-state index in [0.29, 0.717) is 17.7 Å². The number of carbonyl (C=O) groups is 2. The van der Waals surface area contributed by atoms with Crippen LogP contribution in [0.4, 0.5) is 0 Å². The van der Waals surface area contributed by atoms with Gasteiger partial charge in [-0.15, -0.1) is 0 Å². The number of ether oxygens (including phenoxy) is 1. The molecule has 1 fully saturated rings. The van der Waals surface area contributed by atoms with Crippen LogP contribution in [0.3, 0.4) is 0 Å². The number of amides is 2. The Morgan fingerprint density at radius 1 is 1.07 bits per heavy atom. The number of hydrogen-bond acceptors (Lipinski definition) is 6. The number of carbonyl (C=O) groups excluding carboxylic acids is 2. The van der Waals surface area contributed by atoms with E-state index in [-0.39, 0.29) is 18.0 Å². The Morgan fingerprint density at radius 3 is 2.31 bits per heavy atom. The Morgan fingerprint density at radius 2 is 1.72 bits per heavy atom. The van der Waals surface area contributed by atoms with Crippen LogP contribution < -0.4 is 10.2 Å². The molecule has 1 aliphatic rings. The summed E-state index contributed by atoms with van der Waals surface area (Å²) in [6.45, 7) is 0.186. The molecule has 0 saturated carbocycles. The number of hydroxylamine groups is 1. The first-order chi connectivity index (χ1) is 13.9. The Kier molecular flexibility index (Phi) is 6.16. The molecule has 0 bridgehead atoms. The molecule has 3 rings (SSSR count). The van der Waals surface area contributed by atoms with Gasteiger partial charge in [0.05, 0.1) is 12.0 Å². The summed E-state index contributed by atoms with van der Waals surface area (Å²) in [5, 5.41) is 9.20. The van der Waals surface area contributed by atoms with Crippen LogP contribution in [0.15, 0.2) is 59.5 Å². The van der Waals surface area contributed by atoms with Crippen molar-refractivity contribution in [3.8, 4) is 5.75 Å². The molecule has 10 heteroatoms. The van der Waals surface area contributed by atoms with Gasteiger partial charge in [0, 0.05) is 18.7 Å². The van der Waals surface area contributed by atoms with Gasteiger partial charge in [-0.25, -0.2) is 13.9 Å². The number of benzene rings is 2. The van der Waals surface area contributed by atoms with Crippen molar-refractivity contribution in [2.45, 2.75) is 17.5 Å². The zero-order valence-electron chi connectivity index (χ0n) is 15.7. The van der Waals surface area contributed by atoms with Crippen molar-refractivity contribution < 1.29 is 28.0 Å². The summed E-state index contributed by atoms with van der Waals surface area (Å²) in [4.78, 5) is 26.5. The molecule has 1 aliphatic heterocycles. The molecule has 0 radical (unpaired) electrons. The lowest BCUT2D eigenvalue weighted by molar-refractivity contribution is -0.139. The van der Waals surface area contributed by atoms with Crippen molar-refractivity contribution in [3.63, 3.8) is 0 Å². The third-order valence-electron chi connectivity index (χ3n) is 4.64. The van der Waals surface area contributed by atoms with Crippen molar-refractivity contribution in [3.05, 3.63) is 60.2 Å². The van der Waals surface area contributed by atoms with E-state index in [1.54, 1.807) is 30.3 Å². The third kappa shape index (κ3) is 4.09. The molecular formula is C19H21N3O6S. The van der Waals surface area contributed by atoms with Gasteiger partial charge in [0.2, 0.25) is 10.0 Å². The second-order valence-corrected chi connectivity index (χ2v) is 8.25. The van der Waals surface area contributed by atoms with Crippen molar-refractivity contribution in [1.29, 1.82) is 0 Å². The van der Waals surface area contributed by atoms with E-state index in [4.69, 9.17) is 4.74 Å². The lowest BCUT2D eigenvalue weighted by Crippen LogP contribution is -2.63. The number of sulfonamides is 1. The average molecular weight is 419 g/mol. The van der Waals surface area contributed by atoms with E-state index in [1.165, 1.54) is 36.9 Å². The van der Waals surface area contributed by atoms with E-state index < -0.39 is 28.0 Å². The molecule has 1 atom stereocenters. The normalized spacial score (nSPS) is 17.6. The van der Waals surface area contributed by atoms with Gasteiger partial charge in [-0.3, -0.25) is 14.8 Å². The van der Waals surface area contributed by atoms with Crippen LogP contribution in [0.2, 0.25) is 0 Å². The Balaban J connectivity index is 2.00. The number of nitrogens with zero attached hydrogens (tertiary/aromatic N) is 2. The quantitative estimate of drug-likeness (QED) is 0.553. The van der Waals surface area contributed by atoms with Gasteiger partial charge in [0.25, 0.3) is 11.8 Å². The van der Waals surface area contributed by atoms with Gasteiger partial charge in [0.1, 0.15) is 5.75 Å². The molecule has 9 nitrogen and oxygen atoms in total. The van der Waals surface area contributed by atoms with Gasteiger partial charge in [-0.05, 0) is 42.8 Å². The number of hydrogen-bond donors (Lipinski definition) is 2. The van der Waals surface area contributed by atoms with Crippen LogP contribution in [0.1, 0.15) is 16.8 Å². The van der Waals surface area contributed by atoms with Crippen LogP contribution in [0.25, 0.3) is 0 Å². The molecule has 1 saturated heterocycles. The van der Waals surface area contributed by atoms with Crippen LogP contribution in [0.5, 0.6) is 5.75 Å². The fourth-order valence-corrected chi connectivity index (χ4v) is 4.81. The smallest absolute Gasteiger partial charge is 0.282 e. The van der Waals surface area contributed by atoms with E-state index in [0.717, 1.165) is 9.21 Å². The maximum Gasteiger partial charge on any atom is 0.282 e. The lowest BCUT2D eigenvalue weighted by Gasteiger charge is -2.41. The predicted molar refractivity (Wildman–Crippen MR) is 103 cm³/mol. The highest BCUT2D eigenvalue weighted by atomic mass is 32.2. The summed E-state index contributed by atoms with van der Waals surface area (Å²) in [5.74, 6) is -1.03. The molecule has 2 N–H and O–H groups in total. The second-order valence-electron chi connectivity index (χ2n) is 6.36. The summed E-state index contributed by atoms with van der Waals surface area (Å²) in [6, 6.07) is 13.9. The van der Waals surface area contributed by atoms with Gasteiger partial charge >= 0.3 is 0 Å². The molecule has 154 valence electrons. The molecule has 2 aromatic rings. The molecule has 29 heavy (non-hydrogen) atoms. The van der Waals surface area contributed by atoms with E-state index in [9.17, 15) is 23.2 Å². The summed E-state index contributed by atoms with van der Waals surface area (Å²) >= 11 is 0. The molecule has 1 heterocycles. The van der Waals surface area contributed by atoms with Gasteiger partial charge < -0.3 is 9.64 Å². The van der Waals surface area contributed by atoms with Gasteiger partial charge in [-0.1, -0.05) is 18.2 Å². The van der Waals surface area contributed by atoms with Crippen molar-refractivity contribution in [1.82, 2.24) is 14.7 Å². The third-order valence-corrected chi connectivity index (χ3v) is 6.51. The first kappa shape index (κ1) is 20.8. The number of nitrogens with one attached hydrogen (secondary N) is 1. The van der Waals surface area contributed by atoms with E-state index in [1.807, 2.05) is 0 Å². The van der Waals surface area contributed by atoms with Crippen LogP contribution >= 0.6 is 0 Å². The van der Waals surface area contributed by atoms with Crippen LogP contribution in [0, 0.1) is 0 Å². The maximum absolute atomic E-state index is 13.2. The van der Waals surface area contributed by atoms with E-state index >= 15 is 0 Å². The lowest BCUT2D eigenvalue weighted by atomic mass is 10.1. The average Bonchev–Trinajstić information content (AvgIpc) is 2.78. The number of methoxy groups -OCH3 is 1. The molecular weight excluding hydrogens is 398 g/mol. The topological polar surface area (TPSA) is 116 Å². The Hall–Kier alpha value is -2.95. The predicted octanol–water partition coefficient (Wildman–Crippen LogP) is 1.06. The molecule has 0 aliphatic carbocycles. The standard InChI is InChI=1S/C19H21N3O6S/c1-28-15-8-10-16(11-9-15)29(26,27)22-13-5-12-21(18(22)17(23)20-25)19(24)14-6-3-2-4-7-14/h2-4,6-11,18,25H,5,12-13H2,1H3,(H,20,23)/t18-/m1/s1. The molecule has 2 amide bonds. The van der Waals surface area contributed by atoms with Crippen molar-refractivity contribution in [2.24, 2.45) is 0 Å². The minimum Gasteiger partial charge on any atom is -0.497 e. The zero-order valence-corrected chi connectivity index (χ0v) is 16.5. The Bertz CT molecular complexity index is 979. The summed E-state index contributed by atoms with van der Waals surface area (Å²) in [6.07, 6.45) is -1.18. The van der Waals surface area contributed by atoms with Crippen LogP contribution in [-0.2, 0) is 14.8 Å². The minimum absolute atomic E-state index is 0.0189. The fourth-order valence-electron chi connectivity index (χ4n) is 3.22. The Labute approximate surface area is 168 Å². The molecule has 0 spiro atoms. The van der Waals surface area contributed by atoms with Crippen LogP contribution in [-0.4, -0.2) is 61.0 Å². The van der Waals surface area contributed by atoms with Crippen molar-refractivity contribution >= 4 is 21.8 Å². The summed E-state index contributed by atoms with van der Waals surface area (Å²) < 4.78 is 32.4. The summed E-state index contributed by atoms with van der Waals surface area (Å²) in [7, 11) is -2.67. The summed E-state index contributed by atoms with van der Waals surface area (Å²) in [5.41, 5.74) is 1.80. The molecule has 0 unspecified atom stereocenters. The highest BCUT2D eigenvalue weighted by Gasteiger charge is 2.44. The largest absolute Gasteiger partial charge is 0.497 e. The molecule has 2 aromatic carbocycles. The second kappa shape index (κ2) is 8.60. The zero-order chi connectivity index (χ0) is 21.0. The SMILES string of the molecule is COc1ccc(S(=O)(=O)N2CCCN(C(=O)c3ccccc3)[C@H]2C(=O)NO)cc1. The first-order valence-electron chi connectivity index (χ1n) is 8.86. The van der Waals surface area contributed by atoms with E-state index in [2.05, 4.69) is 0 Å². The minimum atomic E-state index is -4.13. The van der Waals surface area contributed by atoms with Gasteiger partial charge in [0.15, 0.2) is 6.17 Å². The maximum atomic E-state index is 13.2. The number of rotatable bonds is 5. The highest BCUT2D eigenvalue weighted by Crippen LogP contribution is 2.26. The fraction of sp³-hybridized carbons (Fsp3) is 0.263. The molecule has 0 aromatic heterocycles.